The van der Waals surface area contributed by atoms with Gasteiger partial charge in [-0.2, -0.15) is 9.97 Å². The summed E-state index contributed by atoms with van der Waals surface area (Å²) < 4.78 is 11.0. The molecule has 4 rings (SSSR count). The maximum Gasteiger partial charge on any atom is 0.316 e. The number of piperidine rings is 1. The van der Waals surface area contributed by atoms with Crippen LogP contribution in [0.15, 0.2) is 30.2 Å². The van der Waals surface area contributed by atoms with Crippen LogP contribution < -0.4 is 14.4 Å². The van der Waals surface area contributed by atoms with E-state index >= 15 is 0 Å². The highest BCUT2D eigenvalue weighted by Crippen LogP contribution is 2.29. The molecule has 1 aliphatic rings. The minimum atomic E-state index is 0.0378. The van der Waals surface area contributed by atoms with Crippen molar-refractivity contribution in [3.8, 4) is 11.8 Å². The lowest BCUT2D eigenvalue weighted by Crippen LogP contribution is -2.41. The molecule has 1 atom stereocenters. The Morgan fingerprint density at radius 1 is 1.21 bits per heavy atom. The van der Waals surface area contributed by atoms with Crippen LogP contribution in [-0.2, 0) is 0 Å². The topological polar surface area (TPSA) is 73.3 Å². The summed E-state index contributed by atoms with van der Waals surface area (Å²) in [6.45, 7) is 1.72. The molecular formula is C16H17N5O2S. The van der Waals surface area contributed by atoms with Crippen molar-refractivity contribution < 1.29 is 9.47 Å². The predicted octanol–water partition coefficient (Wildman–Crippen LogP) is 2.54. The second kappa shape index (κ2) is 6.56. The predicted molar refractivity (Wildman–Crippen MR) is 91.9 cm³/mol. The molecule has 0 N–H and O–H groups in total. The summed E-state index contributed by atoms with van der Waals surface area (Å²) in [6, 6.07) is 2.46. The SMILES string of the molecule is COc1cnc(OC2CCCN(c3ncnc4sccc34)C2)nc1. The largest absolute Gasteiger partial charge is 0.494 e. The van der Waals surface area contributed by atoms with Crippen LogP contribution in [0.3, 0.4) is 0 Å². The highest BCUT2D eigenvalue weighted by molar-refractivity contribution is 7.16. The summed E-state index contributed by atoms with van der Waals surface area (Å²) in [5, 5.41) is 3.15. The van der Waals surface area contributed by atoms with E-state index in [9.17, 15) is 0 Å². The van der Waals surface area contributed by atoms with Crippen molar-refractivity contribution >= 4 is 27.4 Å². The molecule has 0 aliphatic carbocycles. The molecule has 8 heteroatoms. The summed E-state index contributed by atoms with van der Waals surface area (Å²) in [7, 11) is 1.59. The van der Waals surface area contributed by atoms with E-state index in [0.29, 0.717) is 11.8 Å². The zero-order chi connectivity index (χ0) is 16.4. The van der Waals surface area contributed by atoms with Crippen molar-refractivity contribution in [3.63, 3.8) is 0 Å². The Kier molecular flexibility index (Phi) is 4.12. The first-order chi connectivity index (χ1) is 11.8. The normalized spacial score (nSPS) is 17.9. The van der Waals surface area contributed by atoms with Crippen LogP contribution in [0.4, 0.5) is 5.82 Å². The third kappa shape index (κ3) is 2.96. The summed E-state index contributed by atoms with van der Waals surface area (Å²) >= 11 is 1.63. The van der Waals surface area contributed by atoms with E-state index in [1.54, 1.807) is 37.2 Å². The molecule has 0 aromatic carbocycles. The fourth-order valence-electron chi connectivity index (χ4n) is 2.88. The van der Waals surface area contributed by atoms with Crippen LogP contribution in [0, 0.1) is 0 Å². The molecule has 3 aromatic heterocycles. The monoisotopic (exact) mass is 343 g/mol. The maximum atomic E-state index is 5.94. The van der Waals surface area contributed by atoms with Gasteiger partial charge in [-0.25, -0.2) is 9.97 Å². The number of aromatic nitrogens is 4. The molecular weight excluding hydrogens is 326 g/mol. The van der Waals surface area contributed by atoms with Gasteiger partial charge in [0.05, 0.1) is 31.4 Å². The summed E-state index contributed by atoms with van der Waals surface area (Å²) in [5.41, 5.74) is 0. The number of nitrogens with zero attached hydrogens (tertiary/aromatic N) is 5. The highest BCUT2D eigenvalue weighted by Gasteiger charge is 2.24. The molecule has 4 heterocycles. The third-order valence-electron chi connectivity index (χ3n) is 4.03. The molecule has 1 saturated heterocycles. The summed E-state index contributed by atoms with van der Waals surface area (Å²) in [5.74, 6) is 1.60. The van der Waals surface area contributed by atoms with Gasteiger partial charge in [-0.15, -0.1) is 11.3 Å². The minimum absolute atomic E-state index is 0.0378. The standard InChI is InChI=1S/C16H17N5O2S/c1-22-12-7-17-16(18-8-12)23-11-3-2-5-21(9-11)14-13-4-6-24-15(13)20-10-19-14/h4,6-8,10-11H,2-3,5,9H2,1H3. The van der Waals surface area contributed by atoms with Crippen LogP contribution >= 0.6 is 11.3 Å². The molecule has 1 fully saturated rings. The van der Waals surface area contributed by atoms with Gasteiger partial charge in [-0.05, 0) is 24.3 Å². The highest BCUT2D eigenvalue weighted by atomic mass is 32.1. The number of rotatable bonds is 4. The van der Waals surface area contributed by atoms with E-state index in [0.717, 1.165) is 42.0 Å². The zero-order valence-corrected chi connectivity index (χ0v) is 14.1. The van der Waals surface area contributed by atoms with Gasteiger partial charge in [0.2, 0.25) is 0 Å². The molecule has 1 unspecified atom stereocenters. The molecule has 3 aromatic rings. The second-order valence-corrected chi connectivity index (χ2v) is 6.46. The van der Waals surface area contributed by atoms with Crippen LogP contribution in [-0.4, -0.2) is 46.2 Å². The molecule has 0 spiro atoms. The lowest BCUT2D eigenvalue weighted by Gasteiger charge is -2.33. The summed E-state index contributed by atoms with van der Waals surface area (Å²) in [6.07, 6.45) is 6.91. The fourth-order valence-corrected chi connectivity index (χ4v) is 3.60. The average Bonchev–Trinajstić information content (AvgIpc) is 3.11. The van der Waals surface area contributed by atoms with E-state index < -0.39 is 0 Å². The first-order valence-electron chi connectivity index (χ1n) is 7.79. The van der Waals surface area contributed by atoms with E-state index in [2.05, 4.69) is 30.9 Å². The number of hydrogen-bond donors (Lipinski definition) is 0. The van der Waals surface area contributed by atoms with Crippen LogP contribution in [0.25, 0.3) is 10.2 Å². The molecule has 0 bridgehead atoms. The number of hydrogen-bond acceptors (Lipinski definition) is 8. The average molecular weight is 343 g/mol. The molecule has 1 aliphatic heterocycles. The van der Waals surface area contributed by atoms with Crippen LogP contribution in [0.1, 0.15) is 12.8 Å². The Balaban J connectivity index is 1.50. The Morgan fingerprint density at radius 3 is 2.92 bits per heavy atom. The first-order valence-corrected chi connectivity index (χ1v) is 8.67. The lowest BCUT2D eigenvalue weighted by atomic mass is 10.1. The third-order valence-corrected chi connectivity index (χ3v) is 4.85. The van der Waals surface area contributed by atoms with E-state index in [4.69, 9.17) is 9.47 Å². The molecule has 7 nitrogen and oxygen atoms in total. The number of fused-ring (bicyclic) bond motifs is 1. The number of thiophene rings is 1. The molecule has 0 amide bonds. The van der Waals surface area contributed by atoms with Gasteiger partial charge in [0.1, 0.15) is 23.1 Å². The van der Waals surface area contributed by atoms with Gasteiger partial charge in [-0.3, -0.25) is 0 Å². The number of anilines is 1. The Morgan fingerprint density at radius 2 is 2.08 bits per heavy atom. The van der Waals surface area contributed by atoms with Crippen molar-refractivity contribution in [2.75, 3.05) is 25.1 Å². The Labute approximate surface area is 143 Å². The number of methoxy groups -OCH3 is 1. The van der Waals surface area contributed by atoms with Gasteiger partial charge in [0.15, 0.2) is 5.75 Å². The van der Waals surface area contributed by atoms with Crippen molar-refractivity contribution in [2.45, 2.75) is 18.9 Å². The van der Waals surface area contributed by atoms with Crippen molar-refractivity contribution in [1.82, 2.24) is 19.9 Å². The quantitative estimate of drug-likeness (QED) is 0.720. The first kappa shape index (κ1) is 15.1. The van der Waals surface area contributed by atoms with Crippen LogP contribution in [0.5, 0.6) is 11.8 Å². The van der Waals surface area contributed by atoms with Gasteiger partial charge in [-0.1, -0.05) is 0 Å². The fraction of sp³-hybridized carbons (Fsp3) is 0.375. The molecule has 0 radical (unpaired) electrons. The van der Waals surface area contributed by atoms with E-state index in [1.807, 2.05) is 5.38 Å². The zero-order valence-electron chi connectivity index (χ0n) is 13.3. The van der Waals surface area contributed by atoms with Crippen molar-refractivity contribution in [2.24, 2.45) is 0 Å². The maximum absolute atomic E-state index is 5.94. The minimum Gasteiger partial charge on any atom is -0.494 e. The van der Waals surface area contributed by atoms with Gasteiger partial charge < -0.3 is 14.4 Å². The van der Waals surface area contributed by atoms with Gasteiger partial charge in [0.25, 0.3) is 0 Å². The Bertz CT molecular complexity index is 823. The van der Waals surface area contributed by atoms with Gasteiger partial charge >= 0.3 is 6.01 Å². The molecule has 124 valence electrons. The van der Waals surface area contributed by atoms with Crippen molar-refractivity contribution in [3.05, 3.63) is 30.2 Å². The Hall–Kier alpha value is -2.48. The van der Waals surface area contributed by atoms with Crippen LogP contribution in [0.2, 0.25) is 0 Å². The second-order valence-electron chi connectivity index (χ2n) is 5.57. The van der Waals surface area contributed by atoms with Crippen molar-refractivity contribution in [1.29, 1.82) is 0 Å². The number of ether oxygens (including phenoxy) is 2. The van der Waals surface area contributed by atoms with E-state index in [1.165, 1.54) is 0 Å². The lowest BCUT2D eigenvalue weighted by molar-refractivity contribution is 0.164. The van der Waals surface area contributed by atoms with E-state index in [-0.39, 0.29) is 6.10 Å². The molecule has 0 saturated carbocycles. The molecule has 24 heavy (non-hydrogen) atoms. The van der Waals surface area contributed by atoms with Gasteiger partial charge in [0, 0.05) is 6.54 Å². The summed E-state index contributed by atoms with van der Waals surface area (Å²) in [4.78, 5) is 20.4. The smallest absolute Gasteiger partial charge is 0.316 e.